The molecule has 0 aliphatic carbocycles. The Labute approximate surface area is 185 Å². The van der Waals surface area contributed by atoms with Gasteiger partial charge in [0.1, 0.15) is 5.75 Å². The molecule has 0 spiro atoms. The fourth-order valence-electron chi connectivity index (χ4n) is 3.33. The van der Waals surface area contributed by atoms with Gasteiger partial charge in [-0.3, -0.25) is 14.4 Å². The van der Waals surface area contributed by atoms with Crippen LogP contribution < -0.4 is 10.1 Å². The van der Waals surface area contributed by atoms with E-state index in [2.05, 4.69) is 5.32 Å². The molecule has 7 heteroatoms. The average molecular weight is 436 g/mol. The minimum atomic E-state index is -0.850. The third-order valence-electron chi connectivity index (χ3n) is 5.09. The standard InChI is InChI=1S/C24H37NO6/c1-19-13-11-14-20(31-18-12-17-23(29)30)24(19)25-21(26)15-9-7-5-3-2-4-6-8-10-16-22(27)28/h11,13-14H,2-10,12,15-18H2,1H3,(H,25,26)(H,27,28)(H,29,30). The van der Waals surface area contributed by atoms with E-state index in [1.165, 1.54) is 0 Å². The molecule has 1 aromatic carbocycles. The summed E-state index contributed by atoms with van der Waals surface area (Å²) in [4.78, 5) is 33.4. The molecule has 0 fully saturated rings. The Morgan fingerprint density at radius 3 is 1.87 bits per heavy atom. The van der Waals surface area contributed by atoms with Crippen molar-refractivity contribution < 1.29 is 29.3 Å². The van der Waals surface area contributed by atoms with Crippen molar-refractivity contribution in [2.75, 3.05) is 11.9 Å². The Balaban J connectivity index is 2.19. The molecule has 0 heterocycles. The van der Waals surface area contributed by atoms with Gasteiger partial charge in [-0.1, -0.05) is 57.1 Å². The number of amides is 1. The Morgan fingerprint density at radius 2 is 1.29 bits per heavy atom. The van der Waals surface area contributed by atoms with Crippen LogP contribution in [0.3, 0.4) is 0 Å². The third kappa shape index (κ3) is 13.4. The lowest BCUT2D eigenvalue weighted by atomic mass is 10.1. The van der Waals surface area contributed by atoms with Gasteiger partial charge in [0.15, 0.2) is 0 Å². The second-order valence-electron chi connectivity index (χ2n) is 7.92. The molecule has 0 bridgehead atoms. The topological polar surface area (TPSA) is 113 Å². The van der Waals surface area contributed by atoms with Gasteiger partial charge in [-0.2, -0.15) is 0 Å². The average Bonchev–Trinajstić information content (AvgIpc) is 2.71. The van der Waals surface area contributed by atoms with Gasteiger partial charge in [0.05, 0.1) is 12.3 Å². The number of rotatable bonds is 18. The monoisotopic (exact) mass is 435 g/mol. The number of aryl methyl sites for hydroxylation is 1. The molecule has 1 amide bonds. The molecule has 0 aromatic heterocycles. The first-order valence-electron chi connectivity index (χ1n) is 11.4. The van der Waals surface area contributed by atoms with Crippen molar-refractivity contribution in [2.45, 2.75) is 90.4 Å². The first-order chi connectivity index (χ1) is 14.9. The Kier molecular flexibility index (Phi) is 13.8. The number of ether oxygens (including phenoxy) is 1. The lowest BCUT2D eigenvalue weighted by molar-refractivity contribution is -0.138. The van der Waals surface area contributed by atoms with E-state index < -0.39 is 11.9 Å². The van der Waals surface area contributed by atoms with Gasteiger partial charge in [-0.25, -0.2) is 0 Å². The minimum Gasteiger partial charge on any atom is -0.491 e. The van der Waals surface area contributed by atoms with E-state index in [1.54, 1.807) is 6.07 Å². The van der Waals surface area contributed by atoms with Crippen LogP contribution in [-0.2, 0) is 14.4 Å². The molecular formula is C24H37NO6. The molecule has 3 N–H and O–H groups in total. The van der Waals surface area contributed by atoms with Crippen molar-refractivity contribution in [1.29, 1.82) is 0 Å². The van der Waals surface area contributed by atoms with Gasteiger partial charge in [-0.15, -0.1) is 0 Å². The van der Waals surface area contributed by atoms with Gasteiger partial charge in [0.25, 0.3) is 0 Å². The van der Waals surface area contributed by atoms with Gasteiger partial charge in [0.2, 0.25) is 5.91 Å². The van der Waals surface area contributed by atoms with Gasteiger partial charge in [0, 0.05) is 19.3 Å². The molecule has 174 valence electrons. The Bertz CT molecular complexity index is 689. The Hall–Kier alpha value is -2.57. The van der Waals surface area contributed by atoms with Crippen molar-refractivity contribution in [3.05, 3.63) is 23.8 Å². The van der Waals surface area contributed by atoms with Crippen molar-refractivity contribution in [1.82, 2.24) is 0 Å². The van der Waals surface area contributed by atoms with Crippen LogP contribution in [0.5, 0.6) is 5.75 Å². The second-order valence-corrected chi connectivity index (χ2v) is 7.92. The summed E-state index contributed by atoms with van der Waals surface area (Å²) in [5.41, 5.74) is 1.57. The second kappa shape index (κ2) is 16.2. The largest absolute Gasteiger partial charge is 0.491 e. The number of carboxylic acid groups (broad SMARTS) is 2. The smallest absolute Gasteiger partial charge is 0.303 e. The molecule has 31 heavy (non-hydrogen) atoms. The fraction of sp³-hybridized carbons (Fsp3) is 0.625. The molecule has 0 radical (unpaired) electrons. The molecule has 0 atom stereocenters. The lowest BCUT2D eigenvalue weighted by Gasteiger charge is -2.14. The van der Waals surface area contributed by atoms with Crippen LogP contribution >= 0.6 is 0 Å². The van der Waals surface area contributed by atoms with E-state index in [-0.39, 0.29) is 25.4 Å². The van der Waals surface area contributed by atoms with Crippen LogP contribution in [0.15, 0.2) is 18.2 Å². The van der Waals surface area contributed by atoms with Crippen LogP contribution in [0.25, 0.3) is 0 Å². The summed E-state index contributed by atoms with van der Waals surface area (Å²) in [6.45, 7) is 2.19. The predicted octanol–water partition coefficient (Wildman–Crippen LogP) is 5.55. The maximum Gasteiger partial charge on any atom is 0.303 e. The number of unbranched alkanes of at least 4 members (excludes halogenated alkanes) is 8. The van der Waals surface area contributed by atoms with Crippen molar-refractivity contribution in [3.63, 3.8) is 0 Å². The van der Waals surface area contributed by atoms with Crippen LogP contribution in [-0.4, -0.2) is 34.7 Å². The summed E-state index contributed by atoms with van der Waals surface area (Å²) in [5, 5.41) is 20.2. The van der Waals surface area contributed by atoms with E-state index in [0.717, 1.165) is 63.4 Å². The Morgan fingerprint density at radius 1 is 0.774 bits per heavy atom. The van der Waals surface area contributed by atoms with E-state index in [1.807, 2.05) is 19.1 Å². The van der Waals surface area contributed by atoms with Gasteiger partial charge < -0.3 is 20.3 Å². The fourth-order valence-corrected chi connectivity index (χ4v) is 3.33. The quantitative estimate of drug-likeness (QED) is 0.260. The van der Waals surface area contributed by atoms with Crippen molar-refractivity contribution in [2.24, 2.45) is 0 Å². The lowest BCUT2D eigenvalue weighted by Crippen LogP contribution is -2.13. The molecule has 0 saturated heterocycles. The summed E-state index contributed by atoms with van der Waals surface area (Å²) in [6.07, 6.45) is 10.4. The third-order valence-corrected chi connectivity index (χ3v) is 5.09. The maximum absolute atomic E-state index is 12.3. The molecule has 0 unspecified atom stereocenters. The molecule has 1 aromatic rings. The summed E-state index contributed by atoms with van der Waals surface area (Å²) in [5.74, 6) is -1.03. The zero-order chi connectivity index (χ0) is 22.9. The molecule has 0 saturated carbocycles. The maximum atomic E-state index is 12.3. The van der Waals surface area contributed by atoms with Crippen molar-refractivity contribution in [3.8, 4) is 5.75 Å². The molecular weight excluding hydrogens is 398 g/mol. The van der Waals surface area contributed by atoms with Gasteiger partial charge >= 0.3 is 11.9 Å². The molecule has 7 nitrogen and oxygen atoms in total. The van der Waals surface area contributed by atoms with Crippen LogP contribution in [0.4, 0.5) is 5.69 Å². The highest BCUT2D eigenvalue weighted by Gasteiger charge is 2.11. The van der Waals surface area contributed by atoms with Crippen molar-refractivity contribution >= 4 is 23.5 Å². The number of carbonyl (C=O) groups excluding carboxylic acids is 1. The summed E-state index contributed by atoms with van der Waals surface area (Å²) >= 11 is 0. The zero-order valence-corrected chi connectivity index (χ0v) is 18.7. The van der Waals surface area contributed by atoms with E-state index in [9.17, 15) is 14.4 Å². The highest BCUT2D eigenvalue weighted by molar-refractivity contribution is 5.93. The van der Waals surface area contributed by atoms with E-state index in [0.29, 0.717) is 24.3 Å². The number of hydrogen-bond acceptors (Lipinski definition) is 4. The first kappa shape index (κ1) is 26.5. The number of hydrogen-bond donors (Lipinski definition) is 3. The number of para-hydroxylation sites is 1. The van der Waals surface area contributed by atoms with Crippen LogP contribution in [0.2, 0.25) is 0 Å². The number of benzene rings is 1. The summed E-state index contributed by atoms with van der Waals surface area (Å²) in [7, 11) is 0. The highest BCUT2D eigenvalue weighted by atomic mass is 16.5. The summed E-state index contributed by atoms with van der Waals surface area (Å²) in [6, 6.07) is 5.54. The van der Waals surface area contributed by atoms with E-state index >= 15 is 0 Å². The van der Waals surface area contributed by atoms with E-state index in [4.69, 9.17) is 14.9 Å². The van der Waals surface area contributed by atoms with Gasteiger partial charge in [-0.05, 0) is 37.8 Å². The predicted molar refractivity (Wildman–Crippen MR) is 121 cm³/mol. The molecule has 1 rings (SSSR count). The van der Waals surface area contributed by atoms with Crippen LogP contribution in [0, 0.1) is 6.92 Å². The molecule has 0 aliphatic rings. The minimum absolute atomic E-state index is 0.0388. The SMILES string of the molecule is Cc1cccc(OCCCC(=O)O)c1NC(=O)CCCCCCCCCCCC(=O)O. The normalized spacial score (nSPS) is 10.6. The number of nitrogens with one attached hydrogen (secondary N) is 1. The number of carbonyl (C=O) groups is 3. The summed E-state index contributed by atoms with van der Waals surface area (Å²) < 4.78 is 5.68. The number of carboxylic acids is 2. The zero-order valence-electron chi connectivity index (χ0n) is 18.7. The number of aliphatic carboxylic acids is 2. The highest BCUT2D eigenvalue weighted by Crippen LogP contribution is 2.28. The first-order valence-corrected chi connectivity index (χ1v) is 11.4. The molecule has 0 aliphatic heterocycles. The number of anilines is 1. The van der Waals surface area contributed by atoms with Crippen LogP contribution in [0.1, 0.15) is 89.0 Å².